The van der Waals surface area contributed by atoms with Gasteiger partial charge in [-0.2, -0.15) is 4.31 Å². The van der Waals surface area contributed by atoms with Crippen LogP contribution in [0.4, 0.5) is 5.69 Å². The van der Waals surface area contributed by atoms with E-state index in [1.165, 1.54) is 17.3 Å². The normalized spacial score (nSPS) is 17.4. The van der Waals surface area contributed by atoms with E-state index in [0.29, 0.717) is 56.5 Å². The lowest BCUT2D eigenvalue weighted by atomic mass is 10.1. The second-order valence-corrected chi connectivity index (χ2v) is 8.74. The van der Waals surface area contributed by atoms with Crippen molar-refractivity contribution in [1.29, 1.82) is 0 Å². The first kappa shape index (κ1) is 18.8. The van der Waals surface area contributed by atoms with Crippen molar-refractivity contribution in [2.45, 2.75) is 11.8 Å². The predicted octanol–water partition coefficient (Wildman–Crippen LogP) is 2.17. The molecule has 0 aromatic heterocycles. The highest BCUT2D eigenvalue weighted by molar-refractivity contribution is 7.89. The summed E-state index contributed by atoms with van der Waals surface area (Å²) in [4.78, 5) is 13.8. The number of ether oxygens (including phenoxy) is 2. The largest absolute Gasteiger partial charge is 0.486 e. The molecule has 0 bridgehead atoms. The fraction of sp³-hybridized carbons (Fsp3) is 0.350. The first-order chi connectivity index (χ1) is 13.4. The molecule has 2 heterocycles. The Kier molecular flexibility index (Phi) is 4.99. The van der Waals surface area contributed by atoms with Crippen molar-refractivity contribution in [3.05, 3.63) is 48.0 Å². The lowest BCUT2D eigenvalue weighted by Gasteiger charge is -2.35. The molecule has 0 atom stereocenters. The molecule has 0 amide bonds. The number of anilines is 1. The molecule has 2 aromatic carbocycles. The molecule has 7 nitrogen and oxygen atoms in total. The van der Waals surface area contributed by atoms with Crippen LogP contribution < -0.4 is 14.4 Å². The molecule has 0 radical (unpaired) electrons. The van der Waals surface area contributed by atoms with E-state index in [1.807, 2.05) is 12.1 Å². The Morgan fingerprint density at radius 1 is 0.893 bits per heavy atom. The molecule has 2 aromatic rings. The molecule has 4 rings (SSSR count). The molecule has 28 heavy (non-hydrogen) atoms. The predicted molar refractivity (Wildman–Crippen MR) is 105 cm³/mol. The Bertz CT molecular complexity index is 980. The molecule has 0 aliphatic carbocycles. The van der Waals surface area contributed by atoms with E-state index in [0.717, 1.165) is 5.69 Å². The van der Waals surface area contributed by atoms with Crippen molar-refractivity contribution in [1.82, 2.24) is 4.31 Å². The Morgan fingerprint density at radius 3 is 2.18 bits per heavy atom. The summed E-state index contributed by atoms with van der Waals surface area (Å²) in [5, 5.41) is 0. The molecule has 2 aliphatic rings. The summed E-state index contributed by atoms with van der Waals surface area (Å²) < 4.78 is 38.5. The summed E-state index contributed by atoms with van der Waals surface area (Å²) in [5.74, 6) is 1.07. The van der Waals surface area contributed by atoms with Crippen LogP contribution in [0.1, 0.15) is 17.3 Å². The number of hydrogen-bond donors (Lipinski definition) is 0. The maximum atomic E-state index is 13.0. The van der Waals surface area contributed by atoms with E-state index < -0.39 is 10.0 Å². The van der Waals surface area contributed by atoms with Crippen LogP contribution in [0.15, 0.2) is 47.4 Å². The van der Waals surface area contributed by atoms with Gasteiger partial charge in [0.15, 0.2) is 17.3 Å². The number of Topliss-reactive ketones (excluding diaryl/α,β-unsaturated/α-hetero) is 1. The van der Waals surface area contributed by atoms with Gasteiger partial charge in [0.05, 0.1) is 4.90 Å². The van der Waals surface area contributed by atoms with E-state index in [-0.39, 0.29) is 10.7 Å². The van der Waals surface area contributed by atoms with Gasteiger partial charge in [0.25, 0.3) is 0 Å². The van der Waals surface area contributed by atoms with Gasteiger partial charge >= 0.3 is 0 Å². The average Bonchev–Trinajstić information content (AvgIpc) is 2.73. The average molecular weight is 402 g/mol. The third kappa shape index (κ3) is 3.57. The fourth-order valence-corrected chi connectivity index (χ4v) is 4.86. The lowest BCUT2D eigenvalue weighted by Crippen LogP contribution is -2.48. The number of hydrogen-bond acceptors (Lipinski definition) is 6. The van der Waals surface area contributed by atoms with Crippen molar-refractivity contribution in [3.8, 4) is 11.5 Å². The van der Waals surface area contributed by atoms with Gasteiger partial charge in [-0.25, -0.2) is 8.42 Å². The zero-order valence-electron chi connectivity index (χ0n) is 15.6. The Balaban J connectivity index is 1.46. The molecule has 0 N–H and O–H groups in total. The minimum absolute atomic E-state index is 0.0295. The van der Waals surface area contributed by atoms with Crippen LogP contribution in [-0.2, 0) is 10.0 Å². The third-order valence-corrected chi connectivity index (χ3v) is 6.92. The summed E-state index contributed by atoms with van der Waals surface area (Å²) in [7, 11) is -3.59. The highest BCUT2D eigenvalue weighted by Gasteiger charge is 2.29. The standard InChI is InChI=1S/C20H22N2O5S/c1-15(23)16-2-4-17(5-3-16)21-8-10-22(11-9-21)28(24,25)18-6-7-19-20(14-18)27-13-12-26-19/h2-7,14H,8-13H2,1H3. The van der Waals surface area contributed by atoms with Crippen molar-refractivity contribution in [3.63, 3.8) is 0 Å². The van der Waals surface area contributed by atoms with Crippen LogP contribution in [0.3, 0.4) is 0 Å². The van der Waals surface area contributed by atoms with Crippen LogP contribution in [0, 0.1) is 0 Å². The van der Waals surface area contributed by atoms with Crippen molar-refractivity contribution in [2.24, 2.45) is 0 Å². The topological polar surface area (TPSA) is 76.2 Å². The molecular weight excluding hydrogens is 380 g/mol. The number of nitrogens with zero attached hydrogens (tertiary/aromatic N) is 2. The van der Waals surface area contributed by atoms with Crippen molar-refractivity contribution >= 4 is 21.5 Å². The summed E-state index contributed by atoms with van der Waals surface area (Å²) in [6.07, 6.45) is 0. The van der Waals surface area contributed by atoms with Gasteiger partial charge in [-0.3, -0.25) is 4.79 Å². The van der Waals surface area contributed by atoms with Gasteiger partial charge in [0, 0.05) is 43.5 Å². The Labute approximate surface area is 164 Å². The minimum atomic E-state index is -3.59. The Hall–Kier alpha value is -2.58. The molecule has 1 fully saturated rings. The summed E-state index contributed by atoms with van der Waals surface area (Å²) in [6, 6.07) is 12.2. The summed E-state index contributed by atoms with van der Waals surface area (Å²) in [5.41, 5.74) is 1.66. The number of carbonyl (C=O) groups is 1. The number of sulfonamides is 1. The summed E-state index contributed by atoms with van der Waals surface area (Å²) in [6.45, 7) is 4.38. The van der Waals surface area contributed by atoms with E-state index in [9.17, 15) is 13.2 Å². The van der Waals surface area contributed by atoms with Crippen LogP contribution in [-0.4, -0.2) is 57.9 Å². The number of ketones is 1. The third-order valence-electron chi connectivity index (χ3n) is 5.03. The smallest absolute Gasteiger partial charge is 0.243 e. The van der Waals surface area contributed by atoms with Gasteiger partial charge in [-0.15, -0.1) is 0 Å². The number of rotatable bonds is 4. The van der Waals surface area contributed by atoms with Gasteiger partial charge in [0.2, 0.25) is 10.0 Å². The Morgan fingerprint density at radius 2 is 1.54 bits per heavy atom. The van der Waals surface area contributed by atoms with Crippen LogP contribution in [0.5, 0.6) is 11.5 Å². The van der Waals surface area contributed by atoms with Crippen LogP contribution in [0.25, 0.3) is 0 Å². The van der Waals surface area contributed by atoms with Gasteiger partial charge in [0.1, 0.15) is 13.2 Å². The number of piperazine rings is 1. The first-order valence-corrected chi connectivity index (χ1v) is 10.6. The molecule has 0 saturated carbocycles. The number of fused-ring (bicyclic) bond motifs is 1. The fourth-order valence-electron chi connectivity index (χ4n) is 3.43. The monoisotopic (exact) mass is 402 g/mol. The highest BCUT2D eigenvalue weighted by Crippen LogP contribution is 2.33. The minimum Gasteiger partial charge on any atom is -0.486 e. The molecule has 148 valence electrons. The summed E-state index contributed by atoms with van der Waals surface area (Å²) >= 11 is 0. The SMILES string of the molecule is CC(=O)c1ccc(N2CCN(S(=O)(=O)c3ccc4c(c3)OCCO4)CC2)cc1. The van der Waals surface area contributed by atoms with E-state index >= 15 is 0 Å². The molecule has 2 aliphatic heterocycles. The quantitative estimate of drug-likeness (QED) is 0.730. The van der Waals surface area contributed by atoms with Crippen LogP contribution >= 0.6 is 0 Å². The first-order valence-electron chi connectivity index (χ1n) is 9.21. The maximum absolute atomic E-state index is 13.0. The van der Waals surface area contributed by atoms with Crippen molar-refractivity contribution in [2.75, 3.05) is 44.3 Å². The highest BCUT2D eigenvalue weighted by atomic mass is 32.2. The molecule has 8 heteroatoms. The lowest BCUT2D eigenvalue weighted by molar-refractivity contribution is 0.101. The van der Waals surface area contributed by atoms with Crippen LogP contribution in [0.2, 0.25) is 0 Å². The van der Waals surface area contributed by atoms with Crippen molar-refractivity contribution < 1.29 is 22.7 Å². The van der Waals surface area contributed by atoms with Gasteiger partial charge in [-0.1, -0.05) is 0 Å². The molecular formula is C20H22N2O5S. The number of carbonyl (C=O) groups excluding carboxylic acids is 1. The van der Waals surface area contributed by atoms with Gasteiger partial charge < -0.3 is 14.4 Å². The zero-order valence-corrected chi connectivity index (χ0v) is 16.4. The second kappa shape index (κ2) is 7.44. The van der Waals surface area contributed by atoms with E-state index in [1.54, 1.807) is 24.3 Å². The number of benzene rings is 2. The molecule has 0 unspecified atom stereocenters. The maximum Gasteiger partial charge on any atom is 0.243 e. The zero-order chi connectivity index (χ0) is 19.7. The molecule has 1 saturated heterocycles. The molecule has 0 spiro atoms. The van der Waals surface area contributed by atoms with E-state index in [4.69, 9.17) is 9.47 Å². The van der Waals surface area contributed by atoms with E-state index in [2.05, 4.69) is 4.90 Å². The van der Waals surface area contributed by atoms with Gasteiger partial charge in [-0.05, 0) is 43.3 Å². The second-order valence-electron chi connectivity index (χ2n) is 6.80.